The van der Waals surface area contributed by atoms with Crippen molar-refractivity contribution in [2.45, 2.75) is 0 Å². The highest BCUT2D eigenvalue weighted by Gasteiger charge is 1.49. The van der Waals surface area contributed by atoms with E-state index in [1.807, 2.05) is 0 Å². The van der Waals surface area contributed by atoms with Gasteiger partial charge in [-0.25, -0.2) is 0 Å². The van der Waals surface area contributed by atoms with Gasteiger partial charge in [-0.15, -0.1) is 0 Å². The van der Waals surface area contributed by atoms with Gasteiger partial charge in [0, 0.05) is 11.2 Å². The third kappa shape index (κ3) is 4.93. The summed E-state index contributed by atoms with van der Waals surface area (Å²) in [4.78, 5) is 0. The summed E-state index contributed by atoms with van der Waals surface area (Å²) in [5.41, 5.74) is 0. The molecule has 2 nitrogen and oxygen atoms in total. The lowest BCUT2D eigenvalue weighted by molar-refractivity contribution is 0.478. The highest BCUT2D eigenvalue weighted by molar-refractivity contribution is 14.1. The molecular formula is INOS2. The van der Waals surface area contributed by atoms with E-state index in [-0.39, 0.29) is 0 Å². The van der Waals surface area contributed by atoms with E-state index in [1.165, 1.54) is 0 Å². The molecule has 0 rings (SSSR count). The van der Waals surface area contributed by atoms with Crippen LogP contribution in [0, 0.1) is 0 Å². The van der Waals surface area contributed by atoms with Crippen LogP contribution in [0.1, 0.15) is 0 Å². The van der Waals surface area contributed by atoms with Crippen LogP contribution in [0.4, 0.5) is 0 Å². The molecule has 0 aromatic carbocycles. The van der Waals surface area contributed by atoms with Crippen LogP contribution in [-0.2, 0) is 24.5 Å². The summed E-state index contributed by atoms with van der Waals surface area (Å²) < 4.78 is 7.34. The van der Waals surface area contributed by atoms with Gasteiger partial charge in [0.2, 0.25) is 0 Å². The average molecular weight is 221 g/mol. The molecule has 0 spiro atoms. The Morgan fingerprint density at radius 3 is 2.60 bits per heavy atom. The Kier molecular flexibility index (Phi) is 5.85. The van der Waals surface area contributed by atoms with Crippen molar-refractivity contribution in [3.63, 3.8) is 0 Å². The first kappa shape index (κ1) is 5.93. The first-order valence-corrected chi connectivity index (χ1v) is 3.27. The van der Waals surface area contributed by atoms with Crippen LogP contribution in [0.5, 0.6) is 0 Å². The summed E-state index contributed by atoms with van der Waals surface area (Å²) in [6.07, 6.45) is 0. The number of hydrogen-bond acceptors (Lipinski definition) is 3. The molecule has 0 aliphatic rings. The fourth-order valence-electron chi connectivity index (χ4n) is 0.0115. The molecule has 0 N–H and O–H groups in total. The summed E-state index contributed by atoms with van der Waals surface area (Å²) in [6.45, 7) is 0. The van der Waals surface area contributed by atoms with Crippen molar-refractivity contribution in [2.24, 2.45) is 4.53 Å². The minimum atomic E-state index is 0.880. The molecule has 0 unspecified atom stereocenters. The quantitative estimate of drug-likeness (QED) is 0.486. The molecule has 5 heavy (non-hydrogen) atoms. The lowest BCUT2D eigenvalue weighted by atomic mass is 13.6. The zero-order chi connectivity index (χ0) is 4.12. The van der Waals surface area contributed by atoms with Gasteiger partial charge < -0.3 is 0 Å². The van der Waals surface area contributed by atoms with Gasteiger partial charge in [0.05, 0.1) is 10.1 Å². The van der Waals surface area contributed by atoms with Crippen molar-refractivity contribution >= 4 is 44.3 Å². The Labute approximate surface area is 51.9 Å². The molecule has 5 heteroatoms. The minimum absolute atomic E-state index is 0.880. The average Bonchev–Trinajstić information content (AvgIpc) is 1.41. The lowest BCUT2D eigenvalue weighted by Gasteiger charge is -1.60. The van der Waals surface area contributed by atoms with E-state index in [0.29, 0.717) is 0 Å². The van der Waals surface area contributed by atoms with E-state index >= 15 is 0 Å². The van der Waals surface area contributed by atoms with Gasteiger partial charge >= 0.3 is 0 Å². The molecule has 0 aromatic rings. The Bertz CT molecular complexity index is 56.7. The summed E-state index contributed by atoms with van der Waals surface area (Å²) in [6, 6.07) is 0. The van der Waals surface area contributed by atoms with Gasteiger partial charge in [-0.1, -0.05) is 4.53 Å². The molecule has 30 valence electrons. The van der Waals surface area contributed by atoms with E-state index in [9.17, 15) is 0 Å². The largest absolute Gasteiger partial charge is 0.171 e. The van der Waals surface area contributed by atoms with Crippen molar-refractivity contribution in [3.8, 4) is 0 Å². The molecule has 0 aliphatic heterocycles. The Morgan fingerprint density at radius 2 is 2.60 bits per heavy atom. The maximum Gasteiger partial charge on any atom is 0.149 e. The van der Waals surface area contributed by atoms with Crippen molar-refractivity contribution < 1.29 is 3.17 Å². The third-order valence-corrected chi connectivity index (χ3v) is 0.841. The Hall–Kier alpha value is 0.930. The lowest BCUT2D eigenvalue weighted by Crippen LogP contribution is -1.40. The second kappa shape index (κ2) is 4.93. The van der Waals surface area contributed by atoms with Gasteiger partial charge in [-0.2, -0.15) is 3.17 Å². The SMILES string of the molecule is S=S=NOI. The maximum atomic E-state index is 4.27. The van der Waals surface area contributed by atoms with Gasteiger partial charge in [0.1, 0.15) is 23.0 Å². The van der Waals surface area contributed by atoms with Crippen molar-refractivity contribution in [1.82, 2.24) is 0 Å². The molecule has 0 aliphatic carbocycles. The normalized spacial score (nSPS) is 6.60. The van der Waals surface area contributed by atoms with Gasteiger partial charge in [-0.3, -0.25) is 0 Å². The van der Waals surface area contributed by atoms with Crippen molar-refractivity contribution in [2.75, 3.05) is 0 Å². The topological polar surface area (TPSA) is 21.6 Å². The van der Waals surface area contributed by atoms with Crippen LogP contribution in [-0.4, -0.2) is 0 Å². The molecule has 0 fully saturated rings. The van der Waals surface area contributed by atoms with E-state index in [4.69, 9.17) is 0 Å². The van der Waals surface area contributed by atoms with Crippen molar-refractivity contribution in [3.05, 3.63) is 0 Å². The molecule has 0 radical (unpaired) electrons. The Morgan fingerprint density at radius 1 is 2.00 bits per heavy atom. The van der Waals surface area contributed by atoms with E-state index < -0.39 is 0 Å². The van der Waals surface area contributed by atoms with E-state index in [1.54, 1.807) is 23.0 Å². The summed E-state index contributed by atoms with van der Waals surface area (Å²) in [5, 5.41) is 0. The van der Waals surface area contributed by atoms with Crippen LogP contribution in [0.25, 0.3) is 0 Å². The summed E-state index contributed by atoms with van der Waals surface area (Å²) >= 11 is 5.90. The van der Waals surface area contributed by atoms with Crippen LogP contribution in [0.2, 0.25) is 0 Å². The minimum Gasteiger partial charge on any atom is -0.171 e. The number of rotatable bonds is 1. The third-order valence-electron chi connectivity index (χ3n) is 0.0586. The van der Waals surface area contributed by atoms with Gasteiger partial charge in [-0.05, 0) is 0 Å². The molecule has 0 amide bonds. The molecule has 0 atom stereocenters. The molecule has 0 bridgehead atoms. The second-order valence-electron chi connectivity index (χ2n) is 0.218. The summed E-state index contributed by atoms with van der Waals surface area (Å²) in [7, 11) is 0.880. The zero-order valence-corrected chi connectivity index (χ0v) is 5.84. The first-order valence-electron chi connectivity index (χ1n) is 0.686. The van der Waals surface area contributed by atoms with Crippen LogP contribution >= 0.6 is 23.0 Å². The van der Waals surface area contributed by atoms with E-state index in [2.05, 4.69) is 18.9 Å². The Balaban J connectivity index is 2.93. The predicted octanol–water partition coefficient (Wildman–Crippen LogP) is 0.996. The fraction of sp³-hybridized carbons (Fsp3) is 0. The standard InChI is InChI=1S/INOS2/c1-3-2-5-4. The molecular weight excluding hydrogens is 221 g/mol. The predicted molar refractivity (Wildman–Crippen MR) is 32.3 cm³/mol. The smallest absolute Gasteiger partial charge is 0.149 e. The highest BCUT2D eigenvalue weighted by atomic mass is 127. The van der Waals surface area contributed by atoms with Crippen LogP contribution in [0.3, 0.4) is 0 Å². The first-order chi connectivity index (χ1) is 2.41. The molecule has 0 heterocycles. The number of halogens is 1. The molecule has 0 saturated carbocycles. The van der Waals surface area contributed by atoms with E-state index in [0.717, 1.165) is 10.1 Å². The number of hydrogen-bond donors (Lipinski definition) is 0. The van der Waals surface area contributed by atoms with Gasteiger partial charge in [0.15, 0.2) is 0 Å². The van der Waals surface area contributed by atoms with Crippen LogP contribution < -0.4 is 0 Å². The molecule has 0 aromatic heterocycles. The second-order valence-corrected chi connectivity index (χ2v) is 1.36. The van der Waals surface area contributed by atoms with Gasteiger partial charge in [0.25, 0.3) is 0 Å². The fourth-order valence-corrected chi connectivity index (χ4v) is 0.694. The van der Waals surface area contributed by atoms with Crippen molar-refractivity contribution in [1.29, 1.82) is 0 Å². The maximum absolute atomic E-state index is 4.27. The molecule has 0 saturated heterocycles. The number of nitrogens with zero attached hydrogens (tertiary/aromatic N) is 1. The highest BCUT2D eigenvalue weighted by Crippen LogP contribution is 1.80. The zero-order valence-electron chi connectivity index (χ0n) is 2.05. The monoisotopic (exact) mass is 221 g/mol. The van der Waals surface area contributed by atoms with Crippen LogP contribution in [0.15, 0.2) is 4.53 Å². The summed E-state index contributed by atoms with van der Waals surface area (Å²) in [5.74, 6) is 0.